The van der Waals surface area contributed by atoms with Crippen molar-refractivity contribution < 1.29 is 51.6 Å². The molecule has 0 spiro atoms. The minimum Gasteiger partial charge on any atom is -1.00 e. The first-order chi connectivity index (χ1) is 8.02. The maximum Gasteiger partial charge on any atom is 2.00 e. The molecule has 0 radical (unpaired) electrons. The summed E-state index contributed by atoms with van der Waals surface area (Å²) in [4.78, 5) is 0. The van der Waals surface area contributed by atoms with Gasteiger partial charge in [-0.3, -0.25) is 0 Å². The first-order valence-corrected chi connectivity index (χ1v) is 6.15. The Kier molecular flexibility index (Phi) is 10.1. The molecule has 0 aliphatic heterocycles. The molecule has 0 fully saturated rings. The van der Waals surface area contributed by atoms with Gasteiger partial charge < -0.3 is 29.9 Å². The van der Waals surface area contributed by atoms with E-state index in [0.717, 1.165) is 5.56 Å². The maximum atomic E-state index is 9.85. The van der Waals surface area contributed by atoms with Crippen LogP contribution in [0.4, 0.5) is 0 Å². The van der Waals surface area contributed by atoms with Gasteiger partial charge in [-0.25, -0.2) is 0 Å². The summed E-state index contributed by atoms with van der Waals surface area (Å²) in [6.07, 6.45) is 1.89. The second-order valence-electron chi connectivity index (χ2n) is 4.94. The molecule has 4 heteroatoms. The van der Waals surface area contributed by atoms with E-state index in [-0.39, 0.29) is 46.5 Å². The third-order valence-electron chi connectivity index (χ3n) is 3.85. The van der Waals surface area contributed by atoms with Crippen molar-refractivity contribution in [2.24, 2.45) is 0 Å². The van der Waals surface area contributed by atoms with Gasteiger partial charge in [0.25, 0.3) is 0 Å². The molecule has 0 aromatic heterocycles. The van der Waals surface area contributed by atoms with Gasteiger partial charge in [0, 0.05) is 5.92 Å². The van der Waals surface area contributed by atoms with E-state index in [1.165, 1.54) is 22.3 Å². The van der Waals surface area contributed by atoms with E-state index in [1.54, 1.807) is 0 Å². The molecule has 0 amide bonds. The Morgan fingerprint density at radius 3 is 2.05 bits per heavy atom. The molecular formula is C16H20Cl2OTi. The van der Waals surface area contributed by atoms with Crippen molar-refractivity contribution in [1.82, 2.24) is 0 Å². The number of hydrogen-bond donors (Lipinski definition) is 1. The minimum atomic E-state index is -0.409. The first kappa shape index (κ1) is 22.2. The summed E-state index contributed by atoms with van der Waals surface area (Å²) in [5.41, 5.74) is 6.41. The van der Waals surface area contributed by atoms with Crippen molar-refractivity contribution in [3.63, 3.8) is 0 Å². The molecule has 0 saturated carbocycles. The van der Waals surface area contributed by atoms with Gasteiger partial charge in [0.1, 0.15) is 0 Å². The minimum absolute atomic E-state index is 0. The van der Waals surface area contributed by atoms with Crippen LogP contribution in [0.5, 0.6) is 0 Å². The molecule has 20 heavy (non-hydrogen) atoms. The Labute approximate surface area is 149 Å². The second-order valence-corrected chi connectivity index (χ2v) is 4.94. The smallest absolute Gasteiger partial charge is 1.00 e. The zero-order valence-electron chi connectivity index (χ0n) is 12.2. The van der Waals surface area contributed by atoms with E-state index in [2.05, 4.69) is 32.9 Å². The van der Waals surface area contributed by atoms with E-state index >= 15 is 0 Å². The molecule has 1 N–H and O–H groups in total. The summed E-state index contributed by atoms with van der Waals surface area (Å²) in [6.45, 7) is 8.35. The molecule has 0 heterocycles. The van der Waals surface area contributed by atoms with Crippen molar-refractivity contribution in [2.75, 3.05) is 0 Å². The molecule has 2 atom stereocenters. The number of hydrogen-bond acceptors (Lipinski definition) is 1. The van der Waals surface area contributed by atoms with Gasteiger partial charge >= 0.3 is 21.7 Å². The molecule has 1 nitrogen and oxygen atoms in total. The van der Waals surface area contributed by atoms with E-state index in [9.17, 15) is 5.11 Å². The summed E-state index contributed by atoms with van der Waals surface area (Å²) in [6, 6.07) is 8.18. The third-order valence-corrected chi connectivity index (χ3v) is 3.85. The summed E-state index contributed by atoms with van der Waals surface area (Å²) in [5.74, 6) is 0.334. The predicted octanol–water partition coefficient (Wildman–Crippen LogP) is -1.87. The Morgan fingerprint density at radius 2 is 1.60 bits per heavy atom. The van der Waals surface area contributed by atoms with Crippen molar-refractivity contribution in [3.8, 4) is 0 Å². The zero-order chi connectivity index (χ0) is 12.6. The molecule has 108 valence electrons. The normalized spacial score (nSPS) is 18.4. The van der Waals surface area contributed by atoms with Gasteiger partial charge in [0.05, 0.1) is 6.10 Å². The molecule has 1 aliphatic carbocycles. The SMILES string of the molecule is CC1=CC(c2ccccc2C(C)O)C(C)=C1C.[Cl-].[Cl-].[Ti+2]. The fourth-order valence-electron chi connectivity index (χ4n) is 2.54. The van der Waals surface area contributed by atoms with E-state index in [1.807, 2.05) is 25.1 Å². The Morgan fingerprint density at radius 1 is 1.05 bits per heavy atom. The van der Waals surface area contributed by atoms with Crippen molar-refractivity contribution in [2.45, 2.75) is 39.7 Å². The van der Waals surface area contributed by atoms with Gasteiger partial charge in [-0.2, -0.15) is 0 Å². The van der Waals surface area contributed by atoms with Crippen molar-refractivity contribution in [1.29, 1.82) is 0 Å². The summed E-state index contributed by atoms with van der Waals surface area (Å²) in [5, 5.41) is 9.85. The fraction of sp³-hybridized carbons (Fsp3) is 0.375. The van der Waals surface area contributed by atoms with Crippen LogP contribution >= 0.6 is 0 Å². The quantitative estimate of drug-likeness (QED) is 0.622. The monoisotopic (exact) mass is 346 g/mol. The molecular weight excluding hydrogens is 327 g/mol. The van der Waals surface area contributed by atoms with Crippen molar-refractivity contribution in [3.05, 3.63) is 58.2 Å². The van der Waals surface area contributed by atoms with Crippen LogP contribution in [-0.4, -0.2) is 5.11 Å². The van der Waals surface area contributed by atoms with Gasteiger partial charge in [0.15, 0.2) is 0 Å². The average molecular weight is 347 g/mol. The largest absolute Gasteiger partial charge is 2.00 e. The van der Waals surface area contributed by atoms with Crippen LogP contribution in [0, 0.1) is 0 Å². The number of allylic oxidation sites excluding steroid dienone is 4. The molecule has 2 unspecified atom stereocenters. The second kappa shape index (κ2) is 9.07. The maximum absolute atomic E-state index is 9.85. The van der Waals surface area contributed by atoms with Gasteiger partial charge in [-0.15, -0.1) is 0 Å². The van der Waals surface area contributed by atoms with E-state index in [4.69, 9.17) is 0 Å². The summed E-state index contributed by atoms with van der Waals surface area (Å²) >= 11 is 0. The van der Waals surface area contributed by atoms with Gasteiger partial charge in [0.2, 0.25) is 0 Å². The molecule has 1 aliphatic rings. The summed E-state index contributed by atoms with van der Waals surface area (Å²) < 4.78 is 0. The molecule has 1 aromatic carbocycles. The van der Waals surface area contributed by atoms with E-state index < -0.39 is 6.10 Å². The van der Waals surface area contributed by atoms with Crippen molar-refractivity contribution >= 4 is 0 Å². The number of halogens is 2. The zero-order valence-corrected chi connectivity index (χ0v) is 15.3. The Hall–Kier alpha value is -0.0457. The van der Waals surface area contributed by atoms with Crippen LogP contribution in [-0.2, 0) is 21.7 Å². The Balaban J connectivity index is 0. The molecule has 1 aromatic rings. The first-order valence-electron chi connectivity index (χ1n) is 6.15. The summed E-state index contributed by atoms with van der Waals surface area (Å²) in [7, 11) is 0. The van der Waals surface area contributed by atoms with Crippen LogP contribution in [0.15, 0.2) is 47.1 Å². The van der Waals surface area contributed by atoms with Gasteiger partial charge in [-0.05, 0) is 44.4 Å². The molecule has 0 bridgehead atoms. The van der Waals surface area contributed by atoms with Crippen LogP contribution in [0.25, 0.3) is 0 Å². The Bertz CT molecular complexity index is 507. The standard InChI is InChI=1S/C16H20O.2ClH.Ti/c1-10-9-16(12(3)11(10)2)15-8-6-5-7-14(15)13(4)17;;;/h5-9,13,16-17H,1-4H3;2*1H;/q;;;+2/p-2. The van der Waals surface area contributed by atoms with Gasteiger partial charge in [-0.1, -0.05) is 41.5 Å². The topological polar surface area (TPSA) is 20.2 Å². The number of benzene rings is 1. The fourth-order valence-corrected chi connectivity index (χ4v) is 2.54. The molecule has 2 rings (SSSR count). The predicted molar refractivity (Wildman–Crippen MR) is 71.9 cm³/mol. The van der Waals surface area contributed by atoms with Crippen LogP contribution < -0.4 is 24.8 Å². The third kappa shape index (κ3) is 4.22. The molecule has 0 saturated heterocycles. The number of aliphatic hydroxyl groups excluding tert-OH is 1. The van der Waals surface area contributed by atoms with Crippen LogP contribution in [0.2, 0.25) is 0 Å². The van der Waals surface area contributed by atoms with Crippen LogP contribution in [0.1, 0.15) is 50.8 Å². The number of rotatable bonds is 2. The van der Waals surface area contributed by atoms with E-state index in [0.29, 0.717) is 5.92 Å². The number of aliphatic hydroxyl groups is 1. The van der Waals surface area contributed by atoms with Crippen LogP contribution in [0.3, 0.4) is 0 Å². The average Bonchev–Trinajstić information content (AvgIpc) is 2.57.